The molecular weight excluding hydrogens is 618 g/mol. The van der Waals surface area contributed by atoms with Gasteiger partial charge in [-0.2, -0.15) is 26.3 Å². The van der Waals surface area contributed by atoms with E-state index in [1.165, 1.54) is 38.3 Å². The SMILES string of the molecule is Cc1ccc(C)c([C@@](CCC=N)(CCN2CCN(C3CCCCC3)CC2)CC(=N)C(=O)Cc2cc(C(F)(F)F)cc(C(F)(F)F)c2)c1. The van der Waals surface area contributed by atoms with E-state index in [4.69, 9.17) is 10.8 Å². The van der Waals surface area contributed by atoms with Gasteiger partial charge in [0.05, 0.1) is 16.8 Å². The molecule has 1 saturated heterocycles. The van der Waals surface area contributed by atoms with Crippen molar-refractivity contribution in [1.29, 1.82) is 10.8 Å². The molecule has 0 aromatic heterocycles. The van der Waals surface area contributed by atoms with Crippen molar-refractivity contribution in [3.05, 3.63) is 69.8 Å². The van der Waals surface area contributed by atoms with E-state index >= 15 is 0 Å². The molecule has 0 spiro atoms. The second kappa shape index (κ2) is 15.4. The van der Waals surface area contributed by atoms with E-state index in [0.29, 0.717) is 44.0 Å². The van der Waals surface area contributed by atoms with Crippen LogP contribution in [0.2, 0.25) is 0 Å². The van der Waals surface area contributed by atoms with Crippen LogP contribution in [0, 0.1) is 24.7 Å². The van der Waals surface area contributed by atoms with Crippen molar-refractivity contribution in [2.75, 3.05) is 32.7 Å². The number of benzene rings is 2. The molecule has 1 atom stereocenters. The molecule has 0 radical (unpaired) electrons. The Morgan fingerprint density at radius 3 is 2.06 bits per heavy atom. The van der Waals surface area contributed by atoms with E-state index in [1.54, 1.807) is 0 Å². The van der Waals surface area contributed by atoms with E-state index < -0.39 is 46.7 Å². The Bertz CT molecular complexity index is 1370. The predicted octanol–water partition coefficient (Wildman–Crippen LogP) is 8.57. The molecule has 1 saturated carbocycles. The first-order valence-electron chi connectivity index (χ1n) is 16.5. The third-order valence-electron chi connectivity index (χ3n) is 10.0. The Morgan fingerprint density at radius 1 is 0.872 bits per heavy atom. The zero-order chi connectivity index (χ0) is 34.4. The van der Waals surface area contributed by atoms with Gasteiger partial charge in [0.2, 0.25) is 0 Å². The van der Waals surface area contributed by atoms with E-state index in [2.05, 4.69) is 9.80 Å². The van der Waals surface area contributed by atoms with Gasteiger partial charge in [0, 0.05) is 50.5 Å². The average molecular weight is 665 g/mol. The molecule has 0 amide bonds. The van der Waals surface area contributed by atoms with Crippen molar-refractivity contribution < 1.29 is 31.1 Å². The predicted molar refractivity (Wildman–Crippen MR) is 173 cm³/mol. The second-order valence-corrected chi connectivity index (χ2v) is 13.4. The first-order valence-corrected chi connectivity index (χ1v) is 16.5. The second-order valence-electron chi connectivity index (χ2n) is 13.4. The Balaban J connectivity index is 1.57. The number of hydrogen-bond donors (Lipinski definition) is 2. The number of hydrogen-bond acceptors (Lipinski definition) is 5. The van der Waals surface area contributed by atoms with E-state index in [0.717, 1.165) is 42.9 Å². The van der Waals surface area contributed by atoms with Crippen LogP contribution < -0.4 is 0 Å². The minimum absolute atomic E-state index is 0.0307. The van der Waals surface area contributed by atoms with E-state index in [9.17, 15) is 31.1 Å². The number of nitrogens with zero attached hydrogens (tertiary/aromatic N) is 2. The molecule has 5 nitrogen and oxygen atoms in total. The van der Waals surface area contributed by atoms with Gasteiger partial charge in [-0.15, -0.1) is 0 Å². The average Bonchev–Trinajstić information content (AvgIpc) is 3.03. The number of rotatable bonds is 13. The quantitative estimate of drug-likeness (QED) is 0.167. The van der Waals surface area contributed by atoms with Crippen LogP contribution in [-0.2, 0) is 29.0 Å². The van der Waals surface area contributed by atoms with E-state index in [1.807, 2.05) is 32.0 Å². The van der Waals surface area contributed by atoms with Crippen LogP contribution in [-0.4, -0.2) is 66.3 Å². The van der Waals surface area contributed by atoms with Gasteiger partial charge >= 0.3 is 12.4 Å². The van der Waals surface area contributed by atoms with Crippen molar-refractivity contribution in [2.24, 2.45) is 0 Å². The highest BCUT2D eigenvalue weighted by molar-refractivity contribution is 6.39. The monoisotopic (exact) mass is 664 g/mol. The number of Topliss-reactive ketones (excluding diaryl/α,β-unsaturated/α-hetero) is 1. The molecule has 11 heteroatoms. The standard InChI is InChI=1S/C36H46F6N4O/c1-25-9-10-26(2)31(19-25)34(11-6-13-43,12-14-45-15-17-46(18-16-45)30-7-4-3-5-8-30)24-32(44)33(47)22-27-20-28(35(37,38)39)23-29(21-27)36(40,41)42/h9-10,13,19-21,23,30,43-44H,3-8,11-12,14-18,22,24H2,1-2H3/t34-/m0/s1. The molecule has 1 heterocycles. The minimum Gasteiger partial charge on any atom is -0.313 e. The van der Waals surface area contributed by atoms with E-state index in [-0.39, 0.29) is 18.2 Å². The van der Waals surface area contributed by atoms with Gasteiger partial charge in [0.25, 0.3) is 0 Å². The van der Waals surface area contributed by atoms with Crippen molar-refractivity contribution in [1.82, 2.24) is 9.80 Å². The molecule has 1 aliphatic heterocycles. The topological polar surface area (TPSA) is 71.2 Å². The number of carbonyl (C=O) groups excluding carboxylic acids is 1. The molecule has 0 unspecified atom stereocenters. The maximum atomic E-state index is 13.5. The molecule has 47 heavy (non-hydrogen) atoms. The molecule has 2 aromatic carbocycles. The number of carbonyl (C=O) groups is 1. The van der Waals surface area contributed by atoms with Crippen LogP contribution >= 0.6 is 0 Å². The van der Waals surface area contributed by atoms with Crippen LogP contribution in [0.1, 0.15) is 91.2 Å². The smallest absolute Gasteiger partial charge is 0.313 e. The first kappa shape index (κ1) is 36.8. The van der Waals surface area contributed by atoms with Gasteiger partial charge in [-0.1, -0.05) is 43.0 Å². The summed E-state index contributed by atoms with van der Waals surface area (Å²) < 4.78 is 80.8. The summed E-state index contributed by atoms with van der Waals surface area (Å²) in [5.41, 5.74) is -1.56. The highest BCUT2D eigenvalue weighted by Crippen LogP contribution is 2.41. The van der Waals surface area contributed by atoms with Crippen molar-refractivity contribution in [2.45, 2.75) is 102 Å². The van der Waals surface area contributed by atoms with Crippen LogP contribution in [0.3, 0.4) is 0 Å². The summed E-state index contributed by atoms with van der Waals surface area (Å²) in [5.74, 6) is -0.817. The van der Waals surface area contributed by atoms with Gasteiger partial charge in [-0.3, -0.25) is 9.69 Å². The van der Waals surface area contributed by atoms with Gasteiger partial charge in [0.1, 0.15) is 0 Å². The maximum Gasteiger partial charge on any atom is 0.416 e. The largest absolute Gasteiger partial charge is 0.416 e. The molecule has 2 N–H and O–H groups in total. The summed E-state index contributed by atoms with van der Waals surface area (Å²) in [6.45, 7) is 8.38. The number of ketones is 1. The molecule has 258 valence electrons. The Labute approximate surface area is 273 Å². The number of alkyl halides is 6. The summed E-state index contributed by atoms with van der Waals surface area (Å²) in [6.07, 6.45) is -1.73. The van der Waals surface area contributed by atoms with Gasteiger partial charge in [-0.05, 0) is 93.6 Å². The van der Waals surface area contributed by atoms with Crippen molar-refractivity contribution in [3.8, 4) is 0 Å². The fourth-order valence-electron chi connectivity index (χ4n) is 7.34. The molecule has 2 fully saturated rings. The lowest BCUT2D eigenvalue weighted by Crippen LogP contribution is -2.51. The number of aryl methyl sites for hydroxylation is 2. The highest BCUT2D eigenvalue weighted by atomic mass is 19.4. The first-order chi connectivity index (χ1) is 22.1. The van der Waals surface area contributed by atoms with Crippen LogP contribution in [0.25, 0.3) is 0 Å². The summed E-state index contributed by atoms with van der Waals surface area (Å²) in [4.78, 5) is 18.4. The van der Waals surface area contributed by atoms with Crippen LogP contribution in [0.4, 0.5) is 26.3 Å². The molecule has 0 bridgehead atoms. The lowest BCUT2D eigenvalue weighted by atomic mass is 9.68. The normalized spacial score (nSPS) is 18.6. The summed E-state index contributed by atoms with van der Waals surface area (Å²) >= 11 is 0. The van der Waals surface area contributed by atoms with Crippen LogP contribution in [0.5, 0.6) is 0 Å². The third kappa shape index (κ3) is 9.75. The number of piperazine rings is 1. The van der Waals surface area contributed by atoms with Gasteiger partial charge < -0.3 is 15.7 Å². The molecule has 4 rings (SSSR count). The number of nitrogens with one attached hydrogen (secondary N) is 2. The highest BCUT2D eigenvalue weighted by Gasteiger charge is 2.39. The Kier molecular flexibility index (Phi) is 12.1. The van der Waals surface area contributed by atoms with Gasteiger partial charge in [-0.25, -0.2) is 0 Å². The molecule has 1 aliphatic carbocycles. The molecular formula is C36H46F6N4O. The summed E-state index contributed by atoms with van der Waals surface area (Å²) in [5, 5.41) is 16.7. The summed E-state index contributed by atoms with van der Waals surface area (Å²) in [6, 6.07) is 7.80. The number of halogens is 6. The Morgan fingerprint density at radius 2 is 1.49 bits per heavy atom. The third-order valence-corrected chi connectivity index (χ3v) is 10.0. The minimum atomic E-state index is -5.03. The fourth-order valence-corrected chi connectivity index (χ4v) is 7.34. The van der Waals surface area contributed by atoms with Gasteiger partial charge in [0.15, 0.2) is 5.78 Å². The summed E-state index contributed by atoms with van der Waals surface area (Å²) in [7, 11) is 0. The lowest BCUT2D eigenvalue weighted by Gasteiger charge is -2.42. The molecule has 2 aliphatic rings. The van der Waals surface area contributed by atoms with Crippen molar-refractivity contribution >= 4 is 17.7 Å². The zero-order valence-electron chi connectivity index (χ0n) is 27.3. The molecule has 2 aromatic rings. The lowest BCUT2D eigenvalue weighted by molar-refractivity contribution is -0.143. The van der Waals surface area contributed by atoms with Crippen molar-refractivity contribution in [3.63, 3.8) is 0 Å². The van der Waals surface area contributed by atoms with Crippen LogP contribution in [0.15, 0.2) is 36.4 Å². The zero-order valence-corrected chi connectivity index (χ0v) is 27.3. The fraction of sp³-hybridized carbons (Fsp3) is 0.583. The maximum absolute atomic E-state index is 13.5. The Hall–Kier alpha value is -3.05.